The van der Waals surface area contributed by atoms with Crippen LogP contribution in [0, 0.1) is 5.41 Å². The van der Waals surface area contributed by atoms with Gasteiger partial charge >= 0.3 is 0 Å². The predicted octanol–water partition coefficient (Wildman–Crippen LogP) is 3.17. The van der Waals surface area contributed by atoms with Crippen LogP contribution in [0.3, 0.4) is 0 Å². The lowest BCUT2D eigenvalue weighted by atomic mass is 9.68. The van der Waals surface area contributed by atoms with E-state index in [-0.39, 0.29) is 24.0 Å². The molecule has 0 atom stereocenters. The van der Waals surface area contributed by atoms with Gasteiger partial charge in [-0.15, -0.1) is 24.0 Å². The number of hydrogen-bond donors (Lipinski definition) is 2. The molecule has 1 aromatic carbocycles. The number of hydrogen-bond acceptors (Lipinski definition) is 2. The number of aromatic nitrogens is 2. The fourth-order valence-corrected chi connectivity index (χ4v) is 3.95. The predicted molar refractivity (Wildman–Crippen MR) is 109 cm³/mol. The zero-order chi connectivity index (χ0) is 15.7. The van der Waals surface area contributed by atoms with Crippen molar-refractivity contribution in [2.45, 2.75) is 32.1 Å². The second-order valence-electron chi connectivity index (χ2n) is 6.95. The summed E-state index contributed by atoms with van der Waals surface area (Å²) < 4.78 is 0. The Bertz CT molecular complexity index is 686. The van der Waals surface area contributed by atoms with E-state index in [1.54, 1.807) is 0 Å². The van der Waals surface area contributed by atoms with Gasteiger partial charge in [0.25, 0.3) is 0 Å². The van der Waals surface area contributed by atoms with E-state index in [2.05, 4.69) is 31.2 Å². The van der Waals surface area contributed by atoms with Crippen molar-refractivity contribution in [3.05, 3.63) is 30.1 Å². The summed E-state index contributed by atoms with van der Waals surface area (Å²) in [5.74, 6) is 2.08. The van der Waals surface area contributed by atoms with E-state index in [1.165, 1.54) is 32.2 Å². The molecule has 2 aliphatic rings. The molecule has 0 bridgehead atoms. The van der Waals surface area contributed by atoms with Crippen LogP contribution in [0.5, 0.6) is 0 Å². The number of nitrogens with one attached hydrogen (secondary N) is 2. The first kappa shape index (κ1) is 17.5. The van der Waals surface area contributed by atoms with Crippen molar-refractivity contribution in [3.63, 3.8) is 0 Å². The first-order valence-corrected chi connectivity index (χ1v) is 8.67. The Morgan fingerprint density at radius 2 is 2.17 bits per heavy atom. The Morgan fingerprint density at radius 1 is 1.33 bits per heavy atom. The van der Waals surface area contributed by atoms with Gasteiger partial charge < -0.3 is 15.2 Å². The number of nitrogens with zero attached hydrogens (tertiary/aromatic N) is 3. The Morgan fingerprint density at radius 3 is 2.83 bits per heavy atom. The molecule has 1 saturated heterocycles. The molecule has 2 fully saturated rings. The van der Waals surface area contributed by atoms with Crippen molar-refractivity contribution < 1.29 is 0 Å². The van der Waals surface area contributed by atoms with Crippen LogP contribution < -0.4 is 5.32 Å². The number of imidazole rings is 1. The molecule has 0 unspecified atom stereocenters. The summed E-state index contributed by atoms with van der Waals surface area (Å²) in [6, 6.07) is 8.18. The number of guanidine groups is 1. The average molecular weight is 439 g/mol. The molecule has 0 amide bonds. The van der Waals surface area contributed by atoms with E-state index in [0.717, 1.165) is 42.3 Å². The summed E-state index contributed by atoms with van der Waals surface area (Å²) in [5, 5.41) is 3.51. The molecule has 1 aliphatic carbocycles. The zero-order valence-corrected chi connectivity index (χ0v) is 16.5. The third-order valence-electron chi connectivity index (χ3n) is 5.45. The minimum atomic E-state index is 0. The highest BCUT2D eigenvalue weighted by Crippen LogP contribution is 2.47. The van der Waals surface area contributed by atoms with E-state index in [4.69, 9.17) is 0 Å². The molecular formula is C18H26IN5. The van der Waals surface area contributed by atoms with Crippen molar-refractivity contribution in [1.82, 2.24) is 20.2 Å². The number of aromatic amines is 1. The van der Waals surface area contributed by atoms with Gasteiger partial charge in [0.1, 0.15) is 5.82 Å². The van der Waals surface area contributed by atoms with Gasteiger partial charge in [0, 0.05) is 33.1 Å². The number of fused-ring (bicyclic) bond motifs is 1. The molecule has 24 heavy (non-hydrogen) atoms. The van der Waals surface area contributed by atoms with E-state index < -0.39 is 0 Å². The third kappa shape index (κ3) is 3.38. The SMILES string of the molecule is CN=C(NCCc1nc2ccccc2[nH]1)N1CCC2(CCC2)C1.I. The molecule has 0 radical (unpaired) electrons. The highest BCUT2D eigenvalue weighted by Gasteiger charge is 2.43. The van der Waals surface area contributed by atoms with Crippen LogP contribution in [0.15, 0.2) is 29.3 Å². The van der Waals surface area contributed by atoms with Crippen LogP contribution in [-0.2, 0) is 6.42 Å². The van der Waals surface area contributed by atoms with Crippen molar-refractivity contribution in [2.24, 2.45) is 10.4 Å². The fraction of sp³-hybridized carbons (Fsp3) is 0.556. The van der Waals surface area contributed by atoms with Crippen LogP contribution >= 0.6 is 24.0 Å². The first-order valence-electron chi connectivity index (χ1n) is 8.67. The standard InChI is InChI=1S/C18H25N5.HI/c1-19-17(23-12-10-18(13-23)8-4-9-18)20-11-7-16-21-14-5-2-3-6-15(14)22-16;/h2-3,5-6H,4,7-13H2,1H3,(H,19,20)(H,21,22);1H. The lowest BCUT2D eigenvalue weighted by molar-refractivity contribution is 0.151. The highest BCUT2D eigenvalue weighted by molar-refractivity contribution is 14.0. The number of benzene rings is 1. The molecule has 2 aromatic rings. The molecule has 1 spiro atoms. The Labute approximate surface area is 160 Å². The van der Waals surface area contributed by atoms with Crippen molar-refractivity contribution in [2.75, 3.05) is 26.7 Å². The van der Waals surface area contributed by atoms with Gasteiger partial charge in [-0.05, 0) is 36.8 Å². The molecule has 4 rings (SSSR count). The number of aliphatic imine (C=N–C) groups is 1. The van der Waals surface area contributed by atoms with Crippen molar-refractivity contribution in [1.29, 1.82) is 0 Å². The van der Waals surface area contributed by atoms with Crippen molar-refractivity contribution in [3.8, 4) is 0 Å². The normalized spacial score (nSPS) is 19.4. The maximum absolute atomic E-state index is 4.63. The van der Waals surface area contributed by atoms with Gasteiger partial charge in [-0.25, -0.2) is 4.98 Å². The Kier molecular flexibility index (Phi) is 5.32. The second kappa shape index (κ2) is 7.29. The van der Waals surface area contributed by atoms with E-state index >= 15 is 0 Å². The summed E-state index contributed by atoms with van der Waals surface area (Å²) in [5.41, 5.74) is 2.76. The second-order valence-corrected chi connectivity index (χ2v) is 6.95. The lowest BCUT2D eigenvalue weighted by Crippen LogP contribution is -2.43. The molecule has 130 valence electrons. The summed E-state index contributed by atoms with van der Waals surface area (Å²) in [6.07, 6.45) is 6.43. The molecule has 2 N–H and O–H groups in total. The minimum Gasteiger partial charge on any atom is -0.356 e. The monoisotopic (exact) mass is 439 g/mol. The third-order valence-corrected chi connectivity index (χ3v) is 5.45. The fourth-order valence-electron chi connectivity index (χ4n) is 3.95. The lowest BCUT2D eigenvalue weighted by Gasteiger charge is -2.38. The quantitative estimate of drug-likeness (QED) is 0.439. The van der Waals surface area contributed by atoms with Crippen LogP contribution in [0.25, 0.3) is 11.0 Å². The van der Waals surface area contributed by atoms with Crippen LogP contribution in [0.2, 0.25) is 0 Å². The smallest absolute Gasteiger partial charge is 0.193 e. The number of halogens is 1. The molecule has 1 aliphatic heterocycles. The summed E-state index contributed by atoms with van der Waals surface area (Å²) >= 11 is 0. The van der Waals surface area contributed by atoms with Crippen molar-refractivity contribution >= 4 is 41.0 Å². The first-order chi connectivity index (χ1) is 11.3. The van der Waals surface area contributed by atoms with Gasteiger partial charge in [0.2, 0.25) is 0 Å². The zero-order valence-electron chi connectivity index (χ0n) is 14.2. The highest BCUT2D eigenvalue weighted by atomic mass is 127. The minimum absolute atomic E-state index is 0. The molecule has 6 heteroatoms. The van der Waals surface area contributed by atoms with Gasteiger partial charge in [-0.2, -0.15) is 0 Å². The summed E-state index contributed by atoms with van der Waals surface area (Å²) in [6.45, 7) is 3.18. The number of likely N-dealkylation sites (tertiary alicyclic amines) is 1. The maximum Gasteiger partial charge on any atom is 0.193 e. The molecule has 2 heterocycles. The Hall–Kier alpha value is -1.31. The van der Waals surface area contributed by atoms with E-state index in [9.17, 15) is 0 Å². The largest absolute Gasteiger partial charge is 0.356 e. The van der Waals surface area contributed by atoms with Gasteiger partial charge in [-0.3, -0.25) is 4.99 Å². The van der Waals surface area contributed by atoms with Gasteiger partial charge in [0.15, 0.2) is 5.96 Å². The molecular weight excluding hydrogens is 413 g/mol. The number of H-pyrrole nitrogens is 1. The summed E-state index contributed by atoms with van der Waals surface area (Å²) in [7, 11) is 1.88. The van der Waals surface area contributed by atoms with Crippen LogP contribution in [0.1, 0.15) is 31.5 Å². The van der Waals surface area contributed by atoms with Gasteiger partial charge in [-0.1, -0.05) is 18.6 Å². The number of rotatable bonds is 3. The molecule has 1 aromatic heterocycles. The number of para-hydroxylation sites is 2. The van der Waals surface area contributed by atoms with E-state index in [1.807, 2.05) is 25.2 Å². The average Bonchev–Trinajstić information content (AvgIpc) is 3.15. The van der Waals surface area contributed by atoms with Crippen LogP contribution in [-0.4, -0.2) is 47.5 Å². The Balaban J connectivity index is 0.00000169. The van der Waals surface area contributed by atoms with Crippen LogP contribution in [0.4, 0.5) is 0 Å². The van der Waals surface area contributed by atoms with E-state index in [0.29, 0.717) is 5.41 Å². The summed E-state index contributed by atoms with van der Waals surface area (Å²) in [4.78, 5) is 14.9. The molecule has 5 nitrogen and oxygen atoms in total. The maximum atomic E-state index is 4.63. The topological polar surface area (TPSA) is 56.3 Å². The van der Waals surface area contributed by atoms with Gasteiger partial charge in [0.05, 0.1) is 11.0 Å². The molecule has 1 saturated carbocycles.